The molecule has 0 aliphatic carbocycles. The van der Waals surface area contributed by atoms with Gasteiger partial charge in [-0.1, -0.05) is 127 Å². The van der Waals surface area contributed by atoms with Crippen LogP contribution in [0.5, 0.6) is 0 Å². The Morgan fingerprint density at radius 1 is 0.292 bits per heavy atom. The van der Waals surface area contributed by atoms with Gasteiger partial charge in [0.05, 0.1) is 0 Å². The summed E-state index contributed by atoms with van der Waals surface area (Å²) >= 11 is 0. The smallest absolute Gasteiger partial charge is 0.136 e. The van der Waals surface area contributed by atoms with E-state index in [0.717, 1.165) is 49.4 Å². The van der Waals surface area contributed by atoms with Crippen molar-refractivity contribution in [1.82, 2.24) is 0 Å². The van der Waals surface area contributed by atoms with Crippen LogP contribution in [0.15, 0.2) is 167 Å². The van der Waals surface area contributed by atoms with E-state index in [4.69, 9.17) is 8.83 Å². The van der Waals surface area contributed by atoms with Gasteiger partial charge >= 0.3 is 0 Å². The van der Waals surface area contributed by atoms with Crippen LogP contribution in [0.2, 0.25) is 0 Å². The fourth-order valence-electron chi connectivity index (χ4n) is 8.14. The molecule has 2 heterocycles. The maximum Gasteiger partial charge on any atom is 0.136 e. The van der Waals surface area contributed by atoms with Gasteiger partial charge in [0.15, 0.2) is 0 Å². The molecule has 0 amide bonds. The number of hydrogen-bond acceptors (Lipinski definition) is 2. The van der Waals surface area contributed by atoms with Gasteiger partial charge in [-0.15, -0.1) is 0 Å². The van der Waals surface area contributed by atoms with Gasteiger partial charge in [-0.25, -0.2) is 0 Å². The Balaban J connectivity index is 1.17. The van der Waals surface area contributed by atoms with Crippen LogP contribution in [0, 0.1) is 0 Å². The summed E-state index contributed by atoms with van der Waals surface area (Å²) < 4.78 is 13.1. The Hall–Kier alpha value is -6.38. The summed E-state index contributed by atoms with van der Waals surface area (Å²) in [6, 6.07) is 56.6. The summed E-state index contributed by atoms with van der Waals surface area (Å²) in [5, 5.41) is 14.2. The summed E-state index contributed by atoms with van der Waals surface area (Å²) in [5.41, 5.74) is 8.40. The molecule has 11 rings (SSSR count). The van der Waals surface area contributed by atoms with Crippen molar-refractivity contribution in [2.45, 2.75) is 0 Å². The molecule has 0 fully saturated rings. The number of fused-ring (bicyclic) bond motifs is 11. The molecule has 48 heavy (non-hydrogen) atoms. The molecule has 222 valence electrons. The maximum absolute atomic E-state index is 6.68. The first-order valence-electron chi connectivity index (χ1n) is 16.4. The number of rotatable bonds is 2. The monoisotopic (exact) mass is 610 g/mol. The van der Waals surface area contributed by atoms with Gasteiger partial charge in [-0.05, 0) is 95.7 Å². The zero-order valence-corrected chi connectivity index (χ0v) is 25.8. The second kappa shape index (κ2) is 9.57. The zero-order valence-electron chi connectivity index (χ0n) is 25.8. The van der Waals surface area contributed by atoms with E-state index in [-0.39, 0.29) is 0 Å². The van der Waals surface area contributed by atoms with E-state index in [1.54, 1.807) is 0 Å². The minimum Gasteiger partial charge on any atom is -0.456 e. The van der Waals surface area contributed by atoms with E-state index in [0.29, 0.717) is 0 Å². The lowest BCUT2D eigenvalue weighted by atomic mass is 9.84. The largest absolute Gasteiger partial charge is 0.456 e. The van der Waals surface area contributed by atoms with Crippen LogP contribution < -0.4 is 0 Å². The van der Waals surface area contributed by atoms with Crippen molar-refractivity contribution in [1.29, 1.82) is 0 Å². The third-order valence-electron chi connectivity index (χ3n) is 10.2. The van der Waals surface area contributed by atoms with Gasteiger partial charge in [0.1, 0.15) is 22.3 Å². The van der Waals surface area contributed by atoms with Crippen LogP contribution in [-0.4, -0.2) is 0 Å². The van der Waals surface area contributed by atoms with Crippen molar-refractivity contribution >= 4 is 87.0 Å². The molecule has 2 heteroatoms. The molecule has 0 atom stereocenters. The molecule has 0 saturated heterocycles. The van der Waals surface area contributed by atoms with E-state index in [1.165, 1.54) is 59.8 Å². The second-order valence-electron chi connectivity index (χ2n) is 12.8. The number of furan rings is 2. The summed E-state index contributed by atoms with van der Waals surface area (Å²) in [6.45, 7) is 0. The summed E-state index contributed by atoms with van der Waals surface area (Å²) in [6.07, 6.45) is 0. The Kier molecular flexibility index (Phi) is 5.14. The second-order valence-corrected chi connectivity index (χ2v) is 12.8. The van der Waals surface area contributed by atoms with E-state index in [2.05, 4.69) is 158 Å². The van der Waals surface area contributed by atoms with Crippen LogP contribution in [0.4, 0.5) is 0 Å². The quantitative estimate of drug-likeness (QED) is 0.182. The Morgan fingerprint density at radius 3 is 1.58 bits per heavy atom. The van der Waals surface area contributed by atoms with Crippen molar-refractivity contribution in [2.75, 3.05) is 0 Å². The van der Waals surface area contributed by atoms with Crippen LogP contribution >= 0.6 is 0 Å². The number of hydrogen-bond donors (Lipinski definition) is 0. The summed E-state index contributed by atoms with van der Waals surface area (Å²) in [7, 11) is 0. The molecule has 2 nitrogen and oxygen atoms in total. The van der Waals surface area contributed by atoms with Gasteiger partial charge in [0.2, 0.25) is 0 Å². The molecule has 9 aromatic carbocycles. The molecule has 0 saturated carbocycles. The van der Waals surface area contributed by atoms with E-state index in [1.807, 2.05) is 0 Å². The average molecular weight is 611 g/mol. The van der Waals surface area contributed by atoms with E-state index >= 15 is 0 Å². The fourth-order valence-corrected chi connectivity index (χ4v) is 8.14. The molecular weight excluding hydrogens is 585 g/mol. The van der Waals surface area contributed by atoms with Crippen molar-refractivity contribution in [3.05, 3.63) is 158 Å². The Bertz CT molecular complexity index is 3060. The van der Waals surface area contributed by atoms with Gasteiger partial charge < -0.3 is 8.83 Å². The number of benzene rings is 9. The standard InChI is InChI=1S/C46H26O2/c1-3-13-30-27(10-1)12-9-19-33(30)45-36-17-7-5-15-34(36)44(35-16-6-8-18-37(35)45)29-20-22-32-38-25-43-39(26-42(38)48-41(32)24-29)46-31-14-4-2-11-28(31)21-23-40(46)47-43/h1-26H. The minimum absolute atomic E-state index is 0.867. The highest BCUT2D eigenvalue weighted by molar-refractivity contribution is 6.25. The van der Waals surface area contributed by atoms with Gasteiger partial charge in [-0.3, -0.25) is 0 Å². The third-order valence-corrected chi connectivity index (χ3v) is 10.2. The predicted octanol–water partition coefficient (Wildman–Crippen LogP) is 13.4. The van der Waals surface area contributed by atoms with Crippen LogP contribution in [0.3, 0.4) is 0 Å². The molecule has 0 unspecified atom stereocenters. The maximum atomic E-state index is 6.68. The van der Waals surface area contributed by atoms with Crippen molar-refractivity contribution < 1.29 is 8.83 Å². The minimum atomic E-state index is 0.867. The molecule has 0 spiro atoms. The first-order valence-corrected chi connectivity index (χ1v) is 16.4. The first-order chi connectivity index (χ1) is 23.8. The highest BCUT2D eigenvalue weighted by Gasteiger charge is 2.20. The van der Waals surface area contributed by atoms with Crippen LogP contribution in [-0.2, 0) is 0 Å². The van der Waals surface area contributed by atoms with E-state index < -0.39 is 0 Å². The highest BCUT2D eigenvalue weighted by atomic mass is 16.3. The van der Waals surface area contributed by atoms with Crippen molar-refractivity contribution in [3.8, 4) is 22.3 Å². The van der Waals surface area contributed by atoms with Gasteiger partial charge in [-0.2, -0.15) is 0 Å². The summed E-state index contributed by atoms with van der Waals surface area (Å²) in [5.74, 6) is 0. The normalized spacial score (nSPS) is 12.2. The van der Waals surface area contributed by atoms with Crippen molar-refractivity contribution in [2.24, 2.45) is 0 Å². The van der Waals surface area contributed by atoms with Crippen LogP contribution in [0.1, 0.15) is 0 Å². The molecule has 0 radical (unpaired) electrons. The van der Waals surface area contributed by atoms with Gasteiger partial charge in [0, 0.05) is 21.5 Å². The molecule has 0 aliphatic rings. The lowest BCUT2D eigenvalue weighted by Crippen LogP contribution is -1.91. The zero-order chi connectivity index (χ0) is 31.3. The first kappa shape index (κ1) is 25.8. The molecule has 2 aromatic heterocycles. The molecule has 0 aliphatic heterocycles. The molecule has 0 bridgehead atoms. The Labute approximate surface area is 275 Å². The average Bonchev–Trinajstić information content (AvgIpc) is 3.69. The van der Waals surface area contributed by atoms with E-state index in [9.17, 15) is 0 Å². The van der Waals surface area contributed by atoms with Gasteiger partial charge in [0.25, 0.3) is 0 Å². The third kappa shape index (κ3) is 3.52. The highest BCUT2D eigenvalue weighted by Crippen LogP contribution is 2.46. The predicted molar refractivity (Wildman–Crippen MR) is 202 cm³/mol. The fraction of sp³-hybridized carbons (Fsp3) is 0. The Morgan fingerprint density at radius 2 is 0.833 bits per heavy atom. The molecular formula is C46H26O2. The van der Waals surface area contributed by atoms with Crippen LogP contribution in [0.25, 0.3) is 109 Å². The van der Waals surface area contributed by atoms with Crippen molar-refractivity contribution in [3.63, 3.8) is 0 Å². The molecule has 11 aromatic rings. The SMILES string of the molecule is c1ccc2c(-c3c4ccccc4c(-c4ccc5c(c4)oc4cc6c(cc45)oc4ccc5ccccc5c46)c4ccccc34)cccc2c1. The molecule has 0 N–H and O–H groups in total. The lowest BCUT2D eigenvalue weighted by Gasteiger charge is -2.18. The topological polar surface area (TPSA) is 26.3 Å². The summed E-state index contributed by atoms with van der Waals surface area (Å²) in [4.78, 5) is 0. The lowest BCUT2D eigenvalue weighted by molar-refractivity contribution is 0.664.